The average molecular weight is 589 g/mol. The van der Waals surface area contributed by atoms with Gasteiger partial charge in [-0.05, 0) is 0 Å². The van der Waals surface area contributed by atoms with Crippen LogP contribution in [0.15, 0.2) is 0 Å². The summed E-state index contributed by atoms with van der Waals surface area (Å²) in [5.74, 6) is -10.5. The summed E-state index contributed by atoms with van der Waals surface area (Å²) >= 11 is -9.77. The third kappa shape index (κ3) is 3.11. The Morgan fingerprint density at radius 2 is 0.423 bits per heavy atom. The molecular formula is C8O16Sn2. The normalized spacial score (nSPS) is 24.0. The molecule has 0 saturated carbocycles. The minimum atomic E-state index is -4.89. The summed E-state index contributed by atoms with van der Waals surface area (Å²) in [7, 11) is 0. The first kappa shape index (κ1) is 18.2. The van der Waals surface area contributed by atoms with Crippen LogP contribution < -0.4 is 0 Å². The van der Waals surface area contributed by atoms with Crippen LogP contribution in [0.25, 0.3) is 0 Å². The van der Waals surface area contributed by atoms with Crippen molar-refractivity contribution in [3.63, 3.8) is 0 Å². The number of carbonyl (C=O) groups excluding carboxylic acids is 8. The molecule has 0 atom stereocenters. The third-order valence-electron chi connectivity index (χ3n) is 2.41. The van der Waals surface area contributed by atoms with Crippen molar-refractivity contribution >= 4 is 87.8 Å². The van der Waals surface area contributed by atoms with Gasteiger partial charge in [0.2, 0.25) is 0 Å². The topological polar surface area (TPSA) is 210 Å². The van der Waals surface area contributed by atoms with E-state index < -0.39 is 87.8 Å². The molecule has 4 aliphatic heterocycles. The number of carbonyl (C=O) groups is 8. The molecule has 0 radical (unpaired) electrons. The Morgan fingerprint density at radius 1 is 0.308 bits per heavy atom. The second-order valence-electron chi connectivity index (χ2n) is 4.12. The Morgan fingerprint density at radius 3 is 0.538 bits per heavy atom. The summed E-state index contributed by atoms with van der Waals surface area (Å²) in [5, 5.41) is 0. The molecule has 0 aromatic carbocycles. The predicted octanol–water partition coefficient (Wildman–Crippen LogP) is -4.76. The fourth-order valence-electron chi connectivity index (χ4n) is 1.49. The zero-order chi connectivity index (χ0) is 19.3. The van der Waals surface area contributed by atoms with Gasteiger partial charge in [0.25, 0.3) is 0 Å². The van der Waals surface area contributed by atoms with E-state index in [4.69, 9.17) is 0 Å². The van der Waals surface area contributed by atoms with Crippen molar-refractivity contribution in [2.75, 3.05) is 0 Å². The second kappa shape index (κ2) is 5.96. The first-order valence-corrected chi connectivity index (χ1v) is 15.2. The quantitative estimate of drug-likeness (QED) is 0.192. The molecule has 0 amide bonds. The van der Waals surface area contributed by atoms with E-state index in [0.717, 1.165) is 0 Å². The molecular weight excluding hydrogens is 589 g/mol. The van der Waals surface area contributed by atoms with Gasteiger partial charge < -0.3 is 0 Å². The summed E-state index contributed by atoms with van der Waals surface area (Å²) in [6.07, 6.45) is 0. The minimum absolute atomic E-state index is 1.31. The van der Waals surface area contributed by atoms with Crippen LogP contribution in [0.5, 0.6) is 0 Å². The van der Waals surface area contributed by atoms with Crippen molar-refractivity contribution in [3.8, 4) is 0 Å². The summed E-state index contributed by atoms with van der Waals surface area (Å²) in [4.78, 5) is 84.2. The van der Waals surface area contributed by atoms with Gasteiger partial charge in [-0.15, -0.1) is 0 Å². The van der Waals surface area contributed by atoms with Crippen LogP contribution in [0.4, 0.5) is 0 Å². The van der Waals surface area contributed by atoms with Crippen molar-refractivity contribution in [2.45, 2.75) is 0 Å². The van der Waals surface area contributed by atoms with E-state index in [9.17, 15) is 38.4 Å². The predicted molar refractivity (Wildman–Crippen MR) is 60.2 cm³/mol. The van der Waals surface area contributed by atoms with Gasteiger partial charge in [-0.3, -0.25) is 0 Å². The van der Waals surface area contributed by atoms with Gasteiger partial charge in [-0.1, -0.05) is 0 Å². The molecule has 0 bridgehead atoms. The monoisotopic (exact) mass is 592 g/mol. The molecule has 16 nitrogen and oxygen atoms in total. The van der Waals surface area contributed by atoms with Crippen LogP contribution in [0.2, 0.25) is 0 Å². The van der Waals surface area contributed by atoms with Crippen molar-refractivity contribution in [3.05, 3.63) is 0 Å². The van der Waals surface area contributed by atoms with E-state index in [-0.39, 0.29) is 0 Å². The van der Waals surface area contributed by atoms with Gasteiger partial charge in [0.05, 0.1) is 0 Å². The third-order valence-corrected chi connectivity index (χ3v) is 12.3. The van der Waals surface area contributed by atoms with Crippen LogP contribution in [0.1, 0.15) is 0 Å². The molecule has 4 fully saturated rings. The summed E-state index contributed by atoms with van der Waals surface area (Å²) in [6, 6.07) is 0. The molecule has 0 aliphatic carbocycles. The standard InChI is InChI=1S/4C2H2O4.2Sn/c4*3-1(4)2(5)6;;/h4*(H,3,4)(H,5,6);;/q;;;;2*+4/p-8. The molecule has 4 saturated heterocycles. The van der Waals surface area contributed by atoms with Crippen LogP contribution >= 0.6 is 0 Å². The molecule has 0 aromatic heterocycles. The Hall–Kier alpha value is -2.64. The zero-order valence-corrected chi connectivity index (χ0v) is 17.2. The van der Waals surface area contributed by atoms with Gasteiger partial charge in [-0.25, -0.2) is 0 Å². The Kier molecular flexibility index (Phi) is 4.16. The Bertz CT molecular complexity index is 617. The van der Waals surface area contributed by atoms with Crippen molar-refractivity contribution in [1.82, 2.24) is 0 Å². The SMILES string of the molecule is O=C1[O][Sn]2([O]C1=O)[O]C(=O)C(=O)[O]2.O=C1[O][Sn]2([O]C1=O)[O]C(=O)C(=O)[O]2. The summed E-state index contributed by atoms with van der Waals surface area (Å²) < 4.78 is 34.2. The molecule has 4 rings (SSSR count). The van der Waals surface area contributed by atoms with Gasteiger partial charge >= 0.3 is 151 Å². The fourth-order valence-corrected chi connectivity index (χ4v) is 10.0. The van der Waals surface area contributed by atoms with E-state index in [1.165, 1.54) is 0 Å². The molecule has 4 aliphatic rings. The van der Waals surface area contributed by atoms with Gasteiger partial charge in [0.1, 0.15) is 0 Å². The summed E-state index contributed by atoms with van der Waals surface area (Å²) in [5.41, 5.74) is 0. The maximum absolute atomic E-state index is 10.5. The van der Waals surface area contributed by atoms with Crippen molar-refractivity contribution < 1.29 is 62.9 Å². The average Bonchev–Trinajstić information content (AvgIpc) is 3.14. The molecule has 0 N–H and O–H groups in total. The van der Waals surface area contributed by atoms with E-state index in [1.54, 1.807) is 0 Å². The maximum atomic E-state index is 10.5. The van der Waals surface area contributed by atoms with Gasteiger partial charge in [0.15, 0.2) is 0 Å². The number of hydrogen-bond acceptors (Lipinski definition) is 16. The van der Waals surface area contributed by atoms with E-state index >= 15 is 0 Å². The van der Waals surface area contributed by atoms with Gasteiger partial charge in [0, 0.05) is 0 Å². The van der Waals surface area contributed by atoms with Gasteiger partial charge in [-0.2, -0.15) is 0 Å². The van der Waals surface area contributed by atoms with Crippen LogP contribution in [0.3, 0.4) is 0 Å². The number of rotatable bonds is 0. The molecule has 0 unspecified atom stereocenters. The zero-order valence-electron chi connectivity index (χ0n) is 11.5. The summed E-state index contributed by atoms with van der Waals surface area (Å²) in [6.45, 7) is 0. The molecule has 0 aromatic rings. The molecule has 26 heavy (non-hydrogen) atoms. The van der Waals surface area contributed by atoms with E-state index in [0.29, 0.717) is 0 Å². The first-order chi connectivity index (χ1) is 12.0. The number of hydrogen-bond donors (Lipinski definition) is 0. The van der Waals surface area contributed by atoms with E-state index in [2.05, 4.69) is 24.6 Å². The van der Waals surface area contributed by atoms with Crippen molar-refractivity contribution in [1.29, 1.82) is 0 Å². The fraction of sp³-hybridized carbons (Fsp3) is 0. The van der Waals surface area contributed by atoms with E-state index in [1.807, 2.05) is 0 Å². The Balaban J connectivity index is 0.000000151. The van der Waals surface area contributed by atoms with Crippen LogP contribution in [-0.2, 0) is 62.9 Å². The Labute approximate surface area is 150 Å². The molecule has 2 spiro atoms. The molecule has 4 heterocycles. The van der Waals surface area contributed by atoms with Crippen molar-refractivity contribution in [2.24, 2.45) is 0 Å². The van der Waals surface area contributed by atoms with Crippen LogP contribution in [0, 0.1) is 0 Å². The van der Waals surface area contributed by atoms with Crippen LogP contribution in [-0.4, -0.2) is 87.8 Å². The second-order valence-corrected chi connectivity index (χ2v) is 14.5. The molecule has 18 heteroatoms. The first-order valence-electron chi connectivity index (χ1n) is 5.90. The molecule has 136 valence electrons.